The Hall–Kier alpha value is -3.20. The maximum atomic E-state index is 12.6. The van der Waals surface area contributed by atoms with Crippen LogP contribution in [-0.2, 0) is 4.74 Å². The molecule has 0 fully saturated rings. The summed E-state index contributed by atoms with van der Waals surface area (Å²) >= 11 is 1.28. The lowest BCUT2D eigenvalue weighted by molar-refractivity contribution is 0.0469. The molecule has 28 heavy (non-hydrogen) atoms. The summed E-state index contributed by atoms with van der Waals surface area (Å²) in [5, 5.41) is 9.15. The molecule has 0 aliphatic heterocycles. The topological polar surface area (TPSA) is 99.2 Å². The van der Waals surface area contributed by atoms with Gasteiger partial charge in [-0.15, -0.1) is 17.9 Å². The summed E-state index contributed by atoms with van der Waals surface area (Å²) in [6, 6.07) is 3.53. The lowest BCUT2D eigenvalue weighted by atomic mass is 10.1. The van der Waals surface area contributed by atoms with Crippen LogP contribution in [0.1, 0.15) is 38.0 Å². The Bertz CT molecular complexity index is 1030. The van der Waals surface area contributed by atoms with Gasteiger partial charge in [-0.05, 0) is 26.8 Å². The van der Waals surface area contributed by atoms with Crippen LogP contribution in [0.15, 0.2) is 34.7 Å². The zero-order valence-corrected chi connectivity index (χ0v) is 16.6. The van der Waals surface area contributed by atoms with Gasteiger partial charge in [0.2, 0.25) is 5.78 Å². The first-order valence-corrected chi connectivity index (χ1v) is 9.42. The van der Waals surface area contributed by atoms with E-state index >= 15 is 0 Å². The molecule has 0 amide bonds. The minimum atomic E-state index is -0.641. The van der Waals surface area contributed by atoms with Gasteiger partial charge in [0.25, 0.3) is 0 Å². The number of carbonyl (C=O) groups is 2. The normalized spacial score (nSPS) is 10.7. The van der Waals surface area contributed by atoms with E-state index in [0.29, 0.717) is 34.5 Å². The molecule has 3 rings (SSSR count). The highest BCUT2D eigenvalue weighted by atomic mass is 32.1. The number of aryl methyl sites for hydroxylation is 2. The third-order valence-electron chi connectivity index (χ3n) is 4.02. The van der Waals surface area contributed by atoms with Crippen molar-refractivity contribution in [3.05, 3.63) is 58.6 Å². The molecule has 0 aromatic carbocycles. The number of esters is 1. The fourth-order valence-corrected chi connectivity index (χ4v) is 3.44. The van der Waals surface area contributed by atoms with E-state index in [-0.39, 0.29) is 18.1 Å². The zero-order chi connectivity index (χ0) is 20.3. The first-order valence-electron chi connectivity index (χ1n) is 8.54. The lowest BCUT2D eigenvalue weighted by Gasteiger charge is -2.05. The second-order valence-electron chi connectivity index (χ2n) is 6.12. The molecule has 9 heteroatoms. The maximum absolute atomic E-state index is 12.6. The number of rotatable bonds is 8. The molecule has 0 bridgehead atoms. The third kappa shape index (κ3) is 4.04. The summed E-state index contributed by atoms with van der Waals surface area (Å²) in [6.07, 6.45) is 1.69. The van der Waals surface area contributed by atoms with Gasteiger partial charge in [-0.25, -0.2) is 9.78 Å². The van der Waals surface area contributed by atoms with Gasteiger partial charge in [-0.1, -0.05) is 11.2 Å². The molecule has 146 valence electrons. The third-order valence-corrected chi connectivity index (χ3v) is 4.82. The summed E-state index contributed by atoms with van der Waals surface area (Å²) in [4.78, 5) is 28.8. The van der Waals surface area contributed by atoms with Crippen LogP contribution in [0.4, 0.5) is 5.13 Å². The van der Waals surface area contributed by atoms with Crippen molar-refractivity contribution >= 4 is 28.2 Å². The van der Waals surface area contributed by atoms with Gasteiger partial charge < -0.3 is 14.6 Å². The van der Waals surface area contributed by atoms with Crippen LogP contribution in [-0.4, -0.2) is 39.6 Å². The molecule has 3 heterocycles. The van der Waals surface area contributed by atoms with Crippen molar-refractivity contribution in [3.8, 4) is 5.82 Å². The van der Waals surface area contributed by atoms with Gasteiger partial charge in [0.1, 0.15) is 5.76 Å². The Labute approximate surface area is 165 Å². The summed E-state index contributed by atoms with van der Waals surface area (Å²) in [5.74, 6) is 0.338. The second-order valence-corrected chi connectivity index (χ2v) is 6.98. The van der Waals surface area contributed by atoms with Gasteiger partial charge in [0, 0.05) is 34.9 Å². The molecule has 0 radical (unpaired) electrons. The van der Waals surface area contributed by atoms with E-state index in [1.807, 2.05) is 18.4 Å². The Kier molecular flexibility index (Phi) is 5.74. The number of nitrogens with zero attached hydrogens (tertiary/aromatic N) is 3. The van der Waals surface area contributed by atoms with E-state index < -0.39 is 5.97 Å². The van der Waals surface area contributed by atoms with Crippen molar-refractivity contribution in [2.45, 2.75) is 20.8 Å². The Balaban J connectivity index is 1.67. The number of carbonyl (C=O) groups excluding carboxylic acids is 2. The van der Waals surface area contributed by atoms with E-state index in [9.17, 15) is 9.59 Å². The number of ketones is 1. The van der Waals surface area contributed by atoms with Crippen LogP contribution in [0, 0.1) is 20.8 Å². The molecule has 0 atom stereocenters. The quantitative estimate of drug-likeness (QED) is 0.351. The maximum Gasteiger partial charge on any atom is 0.358 e. The molecule has 1 N–H and O–H groups in total. The summed E-state index contributed by atoms with van der Waals surface area (Å²) in [7, 11) is 0. The summed E-state index contributed by atoms with van der Waals surface area (Å²) < 4.78 is 12.1. The number of Topliss-reactive ketones (excluding diaryl/α,β-unsaturated/α-hetero) is 1. The number of anilines is 1. The Morgan fingerprint density at radius 3 is 2.82 bits per heavy atom. The zero-order valence-electron chi connectivity index (χ0n) is 15.8. The summed E-state index contributed by atoms with van der Waals surface area (Å²) in [6.45, 7) is 9.26. The summed E-state index contributed by atoms with van der Waals surface area (Å²) in [5.41, 5.74) is 2.17. The molecule has 0 saturated carbocycles. The van der Waals surface area contributed by atoms with Crippen molar-refractivity contribution in [2.75, 3.05) is 18.5 Å². The standard InChI is InChI=1S/C19H20N4O4S/c1-5-6-20-19-21-15(10-28-19)18(25)26-9-16(24)14-7-11(2)23(13(14)4)17-8-12(3)27-22-17/h5,7-8,10H,1,6,9H2,2-4H3,(H,20,21). The van der Waals surface area contributed by atoms with Crippen LogP contribution >= 0.6 is 11.3 Å². The highest BCUT2D eigenvalue weighted by molar-refractivity contribution is 7.13. The van der Waals surface area contributed by atoms with Gasteiger partial charge >= 0.3 is 5.97 Å². The molecule has 0 unspecified atom stereocenters. The second kappa shape index (κ2) is 8.22. The van der Waals surface area contributed by atoms with Gasteiger partial charge in [0.15, 0.2) is 23.3 Å². The number of hydrogen-bond donors (Lipinski definition) is 1. The highest BCUT2D eigenvalue weighted by Gasteiger charge is 2.20. The van der Waals surface area contributed by atoms with Crippen LogP contribution in [0.2, 0.25) is 0 Å². The first-order chi connectivity index (χ1) is 13.4. The molecule has 3 aromatic heterocycles. The van der Waals surface area contributed by atoms with Crippen molar-refractivity contribution in [1.29, 1.82) is 0 Å². The molecule has 0 spiro atoms. The van der Waals surface area contributed by atoms with Crippen molar-refractivity contribution in [3.63, 3.8) is 0 Å². The Morgan fingerprint density at radius 1 is 1.36 bits per heavy atom. The minimum Gasteiger partial charge on any atom is -0.453 e. The number of thiazole rings is 1. The van der Waals surface area contributed by atoms with Crippen LogP contribution in [0.5, 0.6) is 0 Å². The average Bonchev–Trinajstić information content (AvgIpc) is 3.37. The van der Waals surface area contributed by atoms with Crippen molar-refractivity contribution < 1.29 is 18.8 Å². The van der Waals surface area contributed by atoms with Crippen molar-refractivity contribution in [2.24, 2.45) is 0 Å². The molecule has 0 aliphatic carbocycles. The predicted molar refractivity (Wildman–Crippen MR) is 105 cm³/mol. The molecular weight excluding hydrogens is 380 g/mol. The van der Waals surface area contributed by atoms with Crippen LogP contribution in [0.25, 0.3) is 5.82 Å². The van der Waals surface area contributed by atoms with Crippen LogP contribution in [0.3, 0.4) is 0 Å². The Morgan fingerprint density at radius 2 is 2.14 bits per heavy atom. The van der Waals surface area contributed by atoms with E-state index in [4.69, 9.17) is 9.26 Å². The first kappa shape index (κ1) is 19.6. The largest absolute Gasteiger partial charge is 0.453 e. The van der Waals surface area contributed by atoms with Gasteiger partial charge in [0.05, 0.1) is 0 Å². The van der Waals surface area contributed by atoms with E-state index in [1.165, 1.54) is 11.3 Å². The molecular formula is C19H20N4O4S. The molecule has 0 aliphatic rings. The molecule has 8 nitrogen and oxygen atoms in total. The molecule has 0 saturated heterocycles. The fraction of sp³-hybridized carbons (Fsp3) is 0.263. The predicted octanol–water partition coefficient (Wildman–Crippen LogP) is 3.48. The number of ether oxygens (including phenoxy) is 1. The average molecular weight is 400 g/mol. The number of nitrogens with one attached hydrogen (secondary N) is 1. The number of aromatic nitrogens is 3. The van der Waals surface area contributed by atoms with Crippen LogP contribution < -0.4 is 5.32 Å². The monoisotopic (exact) mass is 400 g/mol. The van der Waals surface area contributed by atoms with E-state index in [2.05, 4.69) is 22.0 Å². The minimum absolute atomic E-state index is 0.160. The van der Waals surface area contributed by atoms with E-state index in [0.717, 1.165) is 5.69 Å². The number of hydrogen-bond acceptors (Lipinski definition) is 8. The van der Waals surface area contributed by atoms with Gasteiger partial charge in [-0.3, -0.25) is 9.36 Å². The lowest BCUT2D eigenvalue weighted by Crippen LogP contribution is -2.15. The van der Waals surface area contributed by atoms with Gasteiger partial charge in [-0.2, -0.15) is 0 Å². The fourth-order valence-electron chi connectivity index (χ4n) is 2.75. The smallest absolute Gasteiger partial charge is 0.358 e. The van der Waals surface area contributed by atoms with E-state index in [1.54, 1.807) is 30.5 Å². The van der Waals surface area contributed by atoms with Crippen molar-refractivity contribution in [1.82, 2.24) is 14.7 Å². The molecule has 3 aromatic rings. The highest BCUT2D eigenvalue weighted by Crippen LogP contribution is 2.21. The SMILES string of the molecule is C=CCNc1nc(C(=O)OCC(=O)c2cc(C)n(-c3cc(C)on3)c2C)cs1.